The number of amides is 1. The fourth-order valence-corrected chi connectivity index (χ4v) is 2.01. The second-order valence-corrected chi connectivity index (χ2v) is 4.26. The molecule has 18 heavy (non-hydrogen) atoms. The van der Waals surface area contributed by atoms with Crippen LogP contribution in [-0.4, -0.2) is 36.5 Å². The minimum Gasteiger partial charge on any atom is -0.494 e. The quantitative estimate of drug-likeness (QED) is 0.909. The summed E-state index contributed by atoms with van der Waals surface area (Å²) in [7, 11) is 0. The number of hydrogen-bond donors (Lipinski definition) is 1. The van der Waals surface area contributed by atoms with Crippen LogP contribution in [0, 0.1) is 0 Å². The number of likely N-dealkylation sites (tertiary alicyclic amines) is 1. The zero-order chi connectivity index (χ0) is 12.3. The Morgan fingerprint density at radius 2 is 2.11 bits per heavy atom. The molecule has 1 atom stereocenters. The molecular weight excluding hydrogens is 252 g/mol. The molecule has 0 aliphatic carbocycles. The molecule has 100 valence electrons. The van der Waals surface area contributed by atoms with E-state index in [2.05, 4.69) is 0 Å². The molecule has 1 amide bonds. The summed E-state index contributed by atoms with van der Waals surface area (Å²) in [6.45, 7) is 3.98. The average Bonchev–Trinajstić information content (AvgIpc) is 2.76. The highest BCUT2D eigenvalue weighted by atomic mass is 35.5. The number of carbonyl (C=O) groups excluding carboxylic acids is 1. The molecule has 1 saturated heterocycles. The first-order chi connectivity index (χ1) is 8.20. The zero-order valence-electron chi connectivity index (χ0n) is 10.5. The van der Waals surface area contributed by atoms with E-state index in [1.807, 2.05) is 19.1 Å². The fraction of sp³-hybridized carbons (Fsp3) is 0.462. The van der Waals surface area contributed by atoms with Gasteiger partial charge in [0.1, 0.15) is 5.75 Å². The molecule has 1 heterocycles. The Morgan fingerprint density at radius 3 is 2.61 bits per heavy atom. The summed E-state index contributed by atoms with van der Waals surface area (Å²) in [6, 6.07) is 7.38. The molecule has 0 bridgehead atoms. The third-order valence-corrected chi connectivity index (χ3v) is 2.92. The van der Waals surface area contributed by atoms with Crippen LogP contribution in [0.1, 0.15) is 23.7 Å². The standard InChI is InChI=1S/C13H18N2O2.ClH/c1-2-17-12-5-3-10(4-6-12)13(16)15-8-7-11(14)9-15;/h3-6,11H,2,7-9,14H2,1H3;1H/t11-;/m1./s1. The number of ether oxygens (including phenoxy) is 1. The van der Waals surface area contributed by atoms with E-state index in [9.17, 15) is 4.79 Å². The van der Waals surface area contributed by atoms with E-state index in [1.54, 1.807) is 17.0 Å². The number of hydrogen-bond acceptors (Lipinski definition) is 3. The highest BCUT2D eigenvalue weighted by molar-refractivity contribution is 5.94. The lowest BCUT2D eigenvalue weighted by molar-refractivity contribution is 0.0791. The van der Waals surface area contributed by atoms with Crippen molar-refractivity contribution in [1.29, 1.82) is 0 Å². The molecule has 0 radical (unpaired) electrons. The lowest BCUT2D eigenvalue weighted by Gasteiger charge is -2.15. The molecule has 5 heteroatoms. The highest BCUT2D eigenvalue weighted by Crippen LogP contribution is 2.16. The monoisotopic (exact) mass is 270 g/mol. The first-order valence-electron chi connectivity index (χ1n) is 5.98. The predicted octanol–water partition coefficient (Wildman–Crippen LogP) is 1.68. The van der Waals surface area contributed by atoms with Gasteiger partial charge in [-0.3, -0.25) is 4.79 Å². The van der Waals surface area contributed by atoms with Gasteiger partial charge < -0.3 is 15.4 Å². The van der Waals surface area contributed by atoms with Crippen molar-refractivity contribution in [1.82, 2.24) is 4.90 Å². The smallest absolute Gasteiger partial charge is 0.253 e. The molecule has 0 saturated carbocycles. The third kappa shape index (κ3) is 3.37. The van der Waals surface area contributed by atoms with E-state index >= 15 is 0 Å². The van der Waals surface area contributed by atoms with E-state index < -0.39 is 0 Å². The van der Waals surface area contributed by atoms with Gasteiger partial charge in [-0.15, -0.1) is 12.4 Å². The summed E-state index contributed by atoms with van der Waals surface area (Å²) >= 11 is 0. The third-order valence-electron chi connectivity index (χ3n) is 2.92. The van der Waals surface area contributed by atoms with Crippen LogP contribution in [0.5, 0.6) is 5.75 Å². The summed E-state index contributed by atoms with van der Waals surface area (Å²) in [4.78, 5) is 13.9. The number of halogens is 1. The van der Waals surface area contributed by atoms with Crippen LogP contribution in [0.25, 0.3) is 0 Å². The summed E-state index contributed by atoms with van der Waals surface area (Å²) in [5, 5.41) is 0. The molecule has 1 aliphatic rings. The summed E-state index contributed by atoms with van der Waals surface area (Å²) < 4.78 is 5.34. The summed E-state index contributed by atoms with van der Waals surface area (Å²) in [5.41, 5.74) is 6.49. The van der Waals surface area contributed by atoms with E-state index in [-0.39, 0.29) is 24.4 Å². The fourth-order valence-electron chi connectivity index (χ4n) is 2.01. The van der Waals surface area contributed by atoms with Gasteiger partial charge in [-0.05, 0) is 37.6 Å². The molecule has 1 fully saturated rings. The Balaban J connectivity index is 0.00000162. The molecule has 2 rings (SSSR count). The minimum atomic E-state index is 0. The van der Waals surface area contributed by atoms with Gasteiger partial charge in [0, 0.05) is 24.7 Å². The molecule has 4 nitrogen and oxygen atoms in total. The van der Waals surface area contributed by atoms with Gasteiger partial charge in [-0.25, -0.2) is 0 Å². The lowest BCUT2D eigenvalue weighted by Crippen LogP contribution is -2.31. The Kier molecular flexibility index (Phi) is 5.44. The van der Waals surface area contributed by atoms with Gasteiger partial charge in [0.25, 0.3) is 5.91 Å². The molecule has 0 unspecified atom stereocenters. The van der Waals surface area contributed by atoms with E-state index in [0.717, 1.165) is 18.7 Å². The Bertz CT molecular complexity index is 394. The zero-order valence-corrected chi connectivity index (χ0v) is 11.3. The molecule has 1 aromatic carbocycles. The maximum Gasteiger partial charge on any atom is 0.253 e. The van der Waals surface area contributed by atoms with E-state index in [4.69, 9.17) is 10.5 Å². The van der Waals surface area contributed by atoms with Crippen molar-refractivity contribution in [3.8, 4) is 5.75 Å². The van der Waals surface area contributed by atoms with Crippen LogP contribution in [-0.2, 0) is 0 Å². The molecule has 0 spiro atoms. The van der Waals surface area contributed by atoms with Gasteiger partial charge in [0.15, 0.2) is 0 Å². The van der Waals surface area contributed by atoms with Crippen LogP contribution in [0.2, 0.25) is 0 Å². The number of benzene rings is 1. The number of carbonyl (C=O) groups is 1. The molecule has 1 aromatic rings. The second-order valence-electron chi connectivity index (χ2n) is 4.26. The maximum absolute atomic E-state index is 12.1. The normalized spacial score (nSPS) is 18.3. The van der Waals surface area contributed by atoms with Crippen molar-refractivity contribution in [3.63, 3.8) is 0 Å². The largest absolute Gasteiger partial charge is 0.494 e. The van der Waals surface area contributed by atoms with Gasteiger partial charge in [-0.1, -0.05) is 0 Å². The number of rotatable bonds is 3. The Hall–Kier alpha value is -1.26. The minimum absolute atomic E-state index is 0. The first-order valence-corrected chi connectivity index (χ1v) is 5.98. The van der Waals surface area contributed by atoms with Crippen molar-refractivity contribution < 1.29 is 9.53 Å². The van der Waals surface area contributed by atoms with Crippen molar-refractivity contribution in [3.05, 3.63) is 29.8 Å². The van der Waals surface area contributed by atoms with Gasteiger partial charge in [0.2, 0.25) is 0 Å². The van der Waals surface area contributed by atoms with Crippen molar-refractivity contribution in [2.24, 2.45) is 5.73 Å². The van der Waals surface area contributed by atoms with Crippen LogP contribution >= 0.6 is 12.4 Å². The van der Waals surface area contributed by atoms with Crippen molar-refractivity contribution in [2.45, 2.75) is 19.4 Å². The Labute approximate surface area is 114 Å². The van der Waals surface area contributed by atoms with Gasteiger partial charge >= 0.3 is 0 Å². The van der Waals surface area contributed by atoms with E-state index in [0.29, 0.717) is 18.7 Å². The average molecular weight is 271 g/mol. The maximum atomic E-state index is 12.1. The van der Waals surface area contributed by atoms with E-state index in [1.165, 1.54) is 0 Å². The van der Waals surface area contributed by atoms with Gasteiger partial charge in [0.05, 0.1) is 6.61 Å². The molecule has 1 aliphatic heterocycles. The highest BCUT2D eigenvalue weighted by Gasteiger charge is 2.24. The van der Waals surface area contributed by atoms with Crippen LogP contribution in [0.4, 0.5) is 0 Å². The number of nitrogens with two attached hydrogens (primary N) is 1. The summed E-state index contributed by atoms with van der Waals surface area (Å²) in [6.07, 6.45) is 0.892. The SMILES string of the molecule is CCOc1ccc(C(=O)N2CC[C@@H](N)C2)cc1.Cl. The number of nitrogens with zero attached hydrogens (tertiary/aromatic N) is 1. The predicted molar refractivity (Wildman–Crippen MR) is 73.4 cm³/mol. The second kappa shape index (κ2) is 6.61. The lowest BCUT2D eigenvalue weighted by atomic mass is 10.2. The van der Waals surface area contributed by atoms with Crippen molar-refractivity contribution in [2.75, 3.05) is 19.7 Å². The van der Waals surface area contributed by atoms with Gasteiger partial charge in [-0.2, -0.15) is 0 Å². The molecule has 2 N–H and O–H groups in total. The summed E-state index contributed by atoms with van der Waals surface area (Å²) in [5.74, 6) is 0.850. The van der Waals surface area contributed by atoms with Crippen LogP contribution in [0.15, 0.2) is 24.3 Å². The first kappa shape index (κ1) is 14.8. The van der Waals surface area contributed by atoms with Crippen molar-refractivity contribution >= 4 is 18.3 Å². The van der Waals surface area contributed by atoms with Crippen LogP contribution in [0.3, 0.4) is 0 Å². The molecule has 0 aromatic heterocycles. The molecular formula is C13H19ClN2O2. The Morgan fingerprint density at radius 1 is 1.44 bits per heavy atom. The topological polar surface area (TPSA) is 55.6 Å². The van der Waals surface area contributed by atoms with Crippen LogP contribution < -0.4 is 10.5 Å².